The van der Waals surface area contributed by atoms with E-state index in [0.29, 0.717) is 12.8 Å². The van der Waals surface area contributed by atoms with Gasteiger partial charge in [-0.3, -0.25) is 4.79 Å². The third-order valence-electron chi connectivity index (χ3n) is 4.85. The molecule has 0 fully saturated rings. The average Bonchev–Trinajstić information content (AvgIpc) is 2.70. The van der Waals surface area contributed by atoms with Crippen molar-refractivity contribution in [3.8, 4) is 0 Å². The number of hydrogen-bond acceptors (Lipinski definition) is 2. The molecule has 0 saturated carbocycles. The fraction of sp³-hybridized carbons (Fsp3) is 0.208. The van der Waals surface area contributed by atoms with E-state index in [1.165, 1.54) is 5.56 Å². The van der Waals surface area contributed by atoms with Gasteiger partial charge in [0.15, 0.2) is 0 Å². The predicted octanol–water partition coefficient (Wildman–Crippen LogP) is 4.25. The Kier molecular flexibility index (Phi) is 7.80. The van der Waals surface area contributed by atoms with E-state index >= 15 is 0 Å². The maximum Gasteiger partial charge on any atom is 0.237 e. The maximum atomic E-state index is 12.9. The molecule has 3 aromatic carbocycles. The summed E-state index contributed by atoms with van der Waals surface area (Å²) < 4.78 is 0. The molecule has 2 atom stereocenters. The number of carbonyl (C=O) groups excluding carboxylic acids is 1. The Bertz CT molecular complexity index is 856. The predicted molar refractivity (Wildman–Crippen MR) is 117 cm³/mol. The lowest BCUT2D eigenvalue weighted by atomic mass is 9.85. The number of amides is 1. The second-order valence-electron chi connectivity index (χ2n) is 7.15. The molecule has 1 amide bonds. The standard InChI is InChI=1S/C24H26N2O.ClH/c1-24(21-15-9-4-10-16-21,18-20-13-7-3-8-14-20)26-23(27)22(25)17-19-11-5-2-6-12-19;/h2-16,22H,17-18,25H2,1H3,(H,26,27);1H/t22-,24?;/m1./s1. The molecule has 3 N–H and O–H groups in total. The second kappa shape index (κ2) is 10.1. The highest BCUT2D eigenvalue weighted by atomic mass is 35.5. The lowest BCUT2D eigenvalue weighted by Crippen LogP contribution is -2.52. The first-order chi connectivity index (χ1) is 13.1. The number of nitrogens with two attached hydrogens (primary N) is 1. The van der Waals surface area contributed by atoms with Gasteiger partial charge in [0.05, 0.1) is 11.6 Å². The molecule has 0 saturated heterocycles. The molecule has 0 aliphatic carbocycles. The lowest BCUT2D eigenvalue weighted by molar-refractivity contribution is -0.124. The van der Waals surface area contributed by atoms with Crippen LogP contribution in [0.2, 0.25) is 0 Å². The molecular weight excluding hydrogens is 368 g/mol. The summed E-state index contributed by atoms with van der Waals surface area (Å²) in [5.74, 6) is -0.138. The molecule has 0 aromatic heterocycles. The van der Waals surface area contributed by atoms with Crippen LogP contribution in [-0.2, 0) is 23.2 Å². The molecule has 3 nitrogen and oxygen atoms in total. The van der Waals surface area contributed by atoms with Gasteiger partial charge in [-0.05, 0) is 36.5 Å². The van der Waals surface area contributed by atoms with Crippen LogP contribution in [0.4, 0.5) is 0 Å². The van der Waals surface area contributed by atoms with Gasteiger partial charge < -0.3 is 11.1 Å². The molecule has 3 rings (SSSR count). The van der Waals surface area contributed by atoms with E-state index in [1.807, 2.05) is 78.9 Å². The zero-order valence-electron chi connectivity index (χ0n) is 16.0. The van der Waals surface area contributed by atoms with Crippen molar-refractivity contribution in [2.45, 2.75) is 31.3 Å². The quantitative estimate of drug-likeness (QED) is 0.629. The molecular formula is C24H27ClN2O. The maximum absolute atomic E-state index is 12.9. The number of rotatable bonds is 7. The highest BCUT2D eigenvalue weighted by Gasteiger charge is 2.30. The van der Waals surface area contributed by atoms with Crippen molar-refractivity contribution in [1.82, 2.24) is 5.32 Å². The van der Waals surface area contributed by atoms with Crippen LogP contribution in [-0.4, -0.2) is 11.9 Å². The van der Waals surface area contributed by atoms with Gasteiger partial charge in [-0.15, -0.1) is 12.4 Å². The van der Waals surface area contributed by atoms with E-state index in [1.54, 1.807) is 0 Å². The Hall–Kier alpha value is -2.62. The van der Waals surface area contributed by atoms with Crippen molar-refractivity contribution < 1.29 is 4.79 Å². The van der Waals surface area contributed by atoms with Gasteiger partial charge in [-0.25, -0.2) is 0 Å². The van der Waals surface area contributed by atoms with E-state index < -0.39 is 11.6 Å². The van der Waals surface area contributed by atoms with Crippen molar-refractivity contribution in [2.24, 2.45) is 5.73 Å². The molecule has 0 aliphatic heterocycles. The molecule has 0 radical (unpaired) electrons. The molecule has 146 valence electrons. The highest BCUT2D eigenvalue weighted by molar-refractivity contribution is 5.85. The summed E-state index contributed by atoms with van der Waals surface area (Å²) in [5.41, 5.74) is 8.97. The summed E-state index contributed by atoms with van der Waals surface area (Å²) in [6.07, 6.45) is 1.21. The fourth-order valence-corrected chi connectivity index (χ4v) is 3.35. The number of hydrogen-bond donors (Lipinski definition) is 2. The van der Waals surface area contributed by atoms with Gasteiger partial charge in [0.25, 0.3) is 0 Å². The molecule has 4 heteroatoms. The van der Waals surface area contributed by atoms with Crippen molar-refractivity contribution in [3.63, 3.8) is 0 Å². The van der Waals surface area contributed by atoms with Crippen LogP contribution < -0.4 is 11.1 Å². The third kappa shape index (κ3) is 5.69. The summed E-state index contributed by atoms with van der Waals surface area (Å²) in [7, 11) is 0. The minimum atomic E-state index is -0.591. The molecule has 0 spiro atoms. The second-order valence-corrected chi connectivity index (χ2v) is 7.15. The Balaban J connectivity index is 0.00000280. The van der Waals surface area contributed by atoms with Crippen LogP contribution in [0.1, 0.15) is 23.6 Å². The zero-order chi connectivity index (χ0) is 19.1. The fourth-order valence-electron chi connectivity index (χ4n) is 3.35. The molecule has 1 unspecified atom stereocenters. The van der Waals surface area contributed by atoms with Gasteiger partial charge in [0, 0.05) is 0 Å². The van der Waals surface area contributed by atoms with Gasteiger partial charge in [0.2, 0.25) is 5.91 Å². The molecule has 28 heavy (non-hydrogen) atoms. The Morgan fingerprint density at radius 2 is 1.32 bits per heavy atom. The molecule has 0 heterocycles. The molecule has 0 bridgehead atoms. The summed E-state index contributed by atoms with van der Waals surface area (Å²) in [6, 6.07) is 29.5. The summed E-state index contributed by atoms with van der Waals surface area (Å²) in [4.78, 5) is 12.9. The smallest absolute Gasteiger partial charge is 0.237 e. The van der Waals surface area contributed by atoms with Crippen LogP contribution in [0.25, 0.3) is 0 Å². The van der Waals surface area contributed by atoms with Crippen LogP contribution in [0.15, 0.2) is 91.0 Å². The largest absolute Gasteiger partial charge is 0.345 e. The number of nitrogens with one attached hydrogen (secondary N) is 1. The number of halogens is 1. The van der Waals surface area contributed by atoms with E-state index in [9.17, 15) is 4.79 Å². The first kappa shape index (κ1) is 21.7. The minimum Gasteiger partial charge on any atom is -0.345 e. The van der Waals surface area contributed by atoms with E-state index in [2.05, 4.69) is 24.4 Å². The first-order valence-electron chi connectivity index (χ1n) is 9.28. The summed E-state index contributed by atoms with van der Waals surface area (Å²) in [6.45, 7) is 2.06. The van der Waals surface area contributed by atoms with Crippen molar-refractivity contribution in [2.75, 3.05) is 0 Å². The van der Waals surface area contributed by atoms with Crippen molar-refractivity contribution >= 4 is 18.3 Å². The third-order valence-corrected chi connectivity index (χ3v) is 4.85. The van der Waals surface area contributed by atoms with Crippen LogP contribution in [0, 0.1) is 0 Å². The van der Waals surface area contributed by atoms with Crippen LogP contribution in [0.3, 0.4) is 0 Å². The van der Waals surface area contributed by atoms with E-state index in [4.69, 9.17) is 5.73 Å². The number of carbonyl (C=O) groups is 1. The van der Waals surface area contributed by atoms with E-state index in [-0.39, 0.29) is 18.3 Å². The molecule has 3 aromatic rings. The monoisotopic (exact) mass is 394 g/mol. The van der Waals surface area contributed by atoms with Crippen molar-refractivity contribution in [3.05, 3.63) is 108 Å². The number of benzene rings is 3. The Labute approximate surface area is 173 Å². The topological polar surface area (TPSA) is 55.1 Å². The minimum absolute atomic E-state index is 0. The van der Waals surface area contributed by atoms with Gasteiger partial charge in [0.1, 0.15) is 0 Å². The van der Waals surface area contributed by atoms with Crippen LogP contribution in [0.5, 0.6) is 0 Å². The zero-order valence-corrected chi connectivity index (χ0v) is 16.9. The SMILES string of the molecule is CC(Cc1ccccc1)(NC(=O)[C@H](N)Cc1ccccc1)c1ccccc1.Cl. The normalized spacial score (nSPS) is 13.6. The van der Waals surface area contributed by atoms with Gasteiger partial charge in [-0.2, -0.15) is 0 Å². The summed E-state index contributed by atoms with van der Waals surface area (Å²) >= 11 is 0. The van der Waals surface area contributed by atoms with Crippen LogP contribution >= 0.6 is 12.4 Å². The Morgan fingerprint density at radius 1 is 0.857 bits per heavy atom. The van der Waals surface area contributed by atoms with Crippen molar-refractivity contribution in [1.29, 1.82) is 0 Å². The average molecular weight is 395 g/mol. The first-order valence-corrected chi connectivity index (χ1v) is 9.28. The summed E-state index contributed by atoms with van der Waals surface area (Å²) in [5, 5.41) is 3.21. The van der Waals surface area contributed by atoms with Gasteiger partial charge in [-0.1, -0.05) is 91.0 Å². The highest BCUT2D eigenvalue weighted by Crippen LogP contribution is 2.25. The Morgan fingerprint density at radius 3 is 1.86 bits per heavy atom. The lowest BCUT2D eigenvalue weighted by Gasteiger charge is -2.33. The van der Waals surface area contributed by atoms with E-state index in [0.717, 1.165) is 11.1 Å². The molecule has 0 aliphatic rings. The van der Waals surface area contributed by atoms with Gasteiger partial charge >= 0.3 is 0 Å².